The summed E-state index contributed by atoms with van der Waals surface area (Å²) in [6.45, 7) is 3.97. The minimum atomic E-state index is -2.23. The van der Waals surface area contributed by atoms with Gasteiger partial charge in [0.25, 0.3) is 5.91 Å². The molecule has 0 aliphatic rings. The molecule has 0 radical (unpaired) electrons. The van der Waals surface area contributed by atoms with Crippen LogP contribution in [0.1, 0.15) is 32.7 Å². The van der Waals surface area contributed by atoms with Crippen LogP contribution in [0.2, 0.25) is 0 Å². The van der Waals surface area contributed by atoms with Crippen molar-refractivity contribution in [2.75, 3.05) is 5.32 Å². The van der Waals surface area contributed by atoms with Gasteiger partial charge in [-0.15, -0.1) is 0 Å². The summed E-state index contributed by atoms with van der Waals surface area (Å²) in [5.74, 6) is -10.6. The van der Waals surface area contributed by atoms with Gasteiger partial charge in [-0.25, -0.2) is 22.0 Å². The molecule has 0 saturated heterocycles. The predicted octanol–water partition coefficient (Wildman–Crippen LogP) is 6.50. The summed E-state index contributed by atoms with van der Waals surface area (Å²) in [5, 5.41) is 7.51. The Morgan fingerprint density at radius 3 is 2.18 bits per heavy atom. The summed E-state index contributed by atoms with van der Waals surface area (Å²) in [6, 6.07) is 16.7. The third-order valence-corrected chi connectivity index (χ3v) is 6.59. The van der Waals surface area contributed by atoms with Crippen LogP contribution < -0.4 is 5.32 Å². The summed E-state index contributed by atoms with van der Waals surface area (Å²) in [7, 11) is 0. The number of carbonyl (C=O) groups excluding carboxylic acids is 1. The van der Waals surface area contributed by atoms with Crippen molar-refractivity contribution in [1.29, 1.82) is 0 Å². The Bertz CT molecular complexity index is 1660. The largest absolute Gasteiger partial charge is 0.340 e. The van der Waals surface area contributed by atoms with Crippen LogP contribution in [0.4, 0.5) is 27.8 Å². The third-order valence-electron chi connectivity index (χ3n) is 6.59. The van der Waals surface area contributed by atoms with E-state index >= 15 is 0 Å². The van der Waals surface area contributed by atoms with Gasteiger partial charge in [-0.2, -0.15) is 5.10 Å². The molecule has 38 heavy (non-hydrogen) atoms. The Morgan fingerprint density at radius 2 is 1.50 bits per heavy atom. The quantitative estimate of drug-likeness (QED) is 0.157. The van der Waals surface area contributed by atoms with Crippen molar-refractivity contribution in [3.8, 4) is 0 Å². The molecule has 0 saturated carbocycles. The molecule has 1 N–H and O–H groups in total. The third kappa shape index (κ3) is 4.42. The van der Waals surface area contributed by atoms with Crippen molar-refractivity contribution < 1.29 is 26.7 Å². The van der Waals surface area contributed by atoms with Gasteiger partial charge in [0.1, 0.15) is 0 Å². The maximum atomic E-state index is 14.0. The number of aryl methyl sites for hydroxylation is 1. The minimum absolute atomic E-state index is 0.0496. The first-order chi connectivity index (χ1) is 18.2. The summed E-state index contributed by atoms with van der Waals surface area (Å²) in [6.07, 6.45) is 1.26. The zero-order valence-corrected chi connectivity index (χ0v) is 20.3. The molecular formula is C28H21F5N4O. The number of nitrogens with one attached hydrogen (secondary N) is 1. The summed E-state index contributed by atoms with van der Waals surface area (Å²) in [4.78, 5) is 12.9. The fraction of sp³-hybridized carbons (Fsp3) is 0.143. The molecule has 2 aromatic heterocycles. The minimum Gasteiger partial charge on any atom is -0.340 e. The van der Waals surface area contributed by atoms with E-state index in [-0.39, 0.29) is 5.82 Å². The maximum absolute atomic E-state index is 14.0. The molecule has 1 amide bonds. The summed E-state index contributed by atoms with van der Waals surface area (Å²) >= 11 is 0. The van der Waals surface area contributed by atoms with Gasteiger partial charge in [-0.05, 0) is 43.2 Å². The lowest BCUT2D eigenvalue weighted by molar-refractivity contribution is 0.102. The SMILES string of the molecule is Cc1c(C)n(Cc2ccccc2)c2ccc(C(=O)Nc3ccn(Cc4c(F)c(F)c(F)c(F)c4F)n3)cc12. The van der Waals surface area contributed by atoms with E-state index in [0.717, 1.165) is 32.4 Å². The second kappa shape index (κ2) is 9.77. The highest BCUT2D eigenvalue weighted by atomic mass is 19.2. The predicted molar refractivity (Wildman–Crippen MR) is 132 cm³/mol. The number of nitrogens with zero attached hydrogens (tertiary/aromatic N) is 3. The number of fused-ring (bicyclic) bond motifs is 1. The number of anilines is 1. The first kappa shape index (κ1) is 25.2. The van der Waals surface area contributed by atoms with E-state index < -0.39 is 47.1 Å². The van der Waals surface area contributed by atoms with Crippen LogP contribution in [-0.2, 0) is 13.1 Å². The fourth-order valence-electron chi connectivity index (χ4n) is 4.42. The molecule has 5 nitrogen and oxygen atoms in total. The van der Waals surface area contributed by atoms with Crippen LogP contribution in [0.25, 0.3) is 10.9 Å². The van der Waals surface area contributed by atoms with Crippen LogP contribution >= 0.6 is 0 Å². The van der Waals surface area contributed by atoms with Crippen molar-refractivity contribution in [2.24, 2.45) is 0 Å². The molecule has 0 aliphatic carbocycles. The Morgan fingerprint density at radius 1 is 0.842 bits per heavy atom. The van der Waals surface area contributed by atoms with Crippen LogP contribution in [-0.4, -0.2) is 20.3 Å². The van der Waals surface area contributed by atoms with E-state index in [1.165, 1.54) is 12.3 Å². The van der Waals surface area contributed by atoms with Crippen molar-refractivity contribution in [3.63, 3.8) is 0 Å². The van der Waals surface area contributed by atoms with Crippen LogP contribution in [0.15, 0.2) is 60.8 Å². The lowest BCUT2D eigenvalue weighted by Gasteiger charge is -2.09. The first-order valence-electron chi connectivity index (χ1n) is 11.6. The average molecular weight is 524 g/mol. The van der Waals surface area contributed by atoms with E-state index in [1.54, 1.807) is 12.1 Å². The number of carbonyl (C=O) groups is 1. The molecule has 3 aromatic carbocycles. The maximum Gasteiger partial charge on any atom is 0.256 e. The van der Waals surface area contributed by atoms with E-state index in [4.69, 9.17) is 0 Å². The highest BCUT2D eigenvalue weighted by molar-refractivity contribution is 6.06. The summed E-state index contributed by atoms with van der Waals surface area (Å²) in [5.41, 5.74) is 3.58. The highest BCUT2D eigenvalue weighted by Gasteiger charge is 2.26. The standard InChI is InChI=1S/C28H21F5N4O/c1-15-16(2)37(13-17-6-4-3-5-7-17)21-9-8-18(12-19(15)21)28(38)34-22-10-11-36(35-22)14-20-23(29)25(31)27(33)26(32)24(20)30/h3-12H,13-14H2,1-2H3,(H,34,35,38). The number of benzene rings is 3. The van der Waals surface area contributed by atoms with Crippen molar-refractivity contribution in [1.82, 2.24) is 14.3 Å². The second-order valence-corrected chi connectivity index (χ2v) is 8.92. The van der Waals surface area contributed by atoms with Gasteiger partial charge in [0.15, 0.2) is 29.1 Å². The van der Waals surface area contributed by atoms with E-state index in [9.17, 15) is 26.7 Å². The number of rotatable bonds is 6. The smallest absolute Gasteiger partial charge is 0.256 e. The molecule has 0 fully saturated rings. The van der Waals surface area contributed by atoms with E-state index in [2.05, 4.69) is 15.0 Å². The monoisotopic (exact) mass is 524 g/mol. The zero-order valence-electron chi connectivity index (χ0n) is 20.3. The van der Waals surface area contributed by atoms with Crippen molar-refractivity contribution in [3.05, 3.63) is 118 Å². The molecule has 0 spiro atoms. The van der Waals surface area contributed by atoms with Crippen molar-refractivity contribution in [2.45, 2.75) is 26.9 Å². The van der Waals surface area contributed by atoms with Crippen LogP contribution in [0.3, 0.4) is 0 Å². The van der Waals surface area contributed by atoms with Gasteiger partial charge >= 0.3 is 0 Å². The number of hydrogen-bond acceptors (Lipinski definition) is 2. The Balaban J connectivity index is 1.36. The molecule has 0 atom stereocenters. The Kier molecular flexibility index (Phi) is 6.48. The first-order valence-corrected chi connectivity index (χ1v) is 11.6. The molecule has 0 aliphatic heterocycles. The molecule has 5 rings (SSSR count). The number of hydrogen-bond donors (Lipinski definition) is 1. The van der Waals surface area contributed by atoms with Gasteiger partial charge < -0.3 is 9.88 Å². The molecule has 2 heterocycles. The van der Waals surface area contributed by atoms with Gasteiger partial charge in [0, 0.05) is 41.0 Å². The average Bonchev–Trinajstić information content (AvgIpc) is 3.46. The topological polar surface area (TPSA) is 51.9 Å². The zero-order chi connectivity index (χ0) is 27.1. The molecule has 5 aromatic rings. The Hall–Kier alpha value is -4.47. The van der Waals surface area contributed by atoms with Gasteiger partial charge in [-0.3, -0.25) is 9.48 Å². The second-order valence-electron chi connectivity index (χ2n) is 8.92. The van der Waals surface area contributed by atoms with Gasteiger partial charge in [0.2, 0.25) is 5.82 Å². The fourth-order valence-corrected chi connectivity index (χ4v) is 4.42. The summed E-state index contributed by atoms with van der Waals surface area (Å²) < 4.78 is 71.4. The highest BCUT2D eigenvalue weighted by Crippen LogP contribution is 2.28. The van der Waals surface area contributed by atoms with Crippen LogP contribution in [0.5, 0.6) is 0 Å². The number of aromatic nitrogens is 3. The lowest BCUT2D eigenvalue weighted by Crippen LogP contribution is -2.14. The van der Waals surface area contributed by atoms with E-state index in [0.29, 0.717) is 12.1 Å². The molecule has 194 valence electrons. The van der Waals surface area contributed by atoms with Crippen molar-refractivity contribution >= 4 is 22.6 Å². The molecular weight excluding hydrogens is 503 g/mol. The molecule has 0 bridgehead atoms. The Labute approximate surface area is 214 Å². The number of amides is 1. The lowest BCUT2D eigenvalue weighted by atomic mass is 10.1. The van der Waals surface area contributed by atoms with Gasteiger partial charge in [-0.1, -0.05) is 30.3 Å². The van der Waals surface area contributed by atoms with Gasteiger partial charge in [0.05, 0.1) is 12.1 Å². The van der Waals surface area contributed by atoms with Crippen LogP contribution in [0, 0.1) is 42.9 Å². The van der Waals surface area contributed by atoms with E-state index in [1.807, 2.05) is 50.2 Å². The molecule has 10 heteroatoms. The normalized spacial score (nSPS) is 11.3. The number of halogens is 5. The molecule has 0 unspecified atom stereocenters.